The van der Waals surface area contributed by atoms with Crippen molar-refractivity contribution in [1.82, 2.24) is 25.5 Å². The number of hydroxylamine groups is 2. The quantitative estimate of drug-likeness (QED) is 0.576. The lowest BCUT2D eigenvalue weighted by molar-refractivity contribution is -0.140. The summed E-state index contributed by atoms with van der Waals surface area (Å²) < 4.78 is 11.3. The zero-order chi connectivity index (χ0) is 25.3. The van der Waals surface area contributed by atoms with Crippen molar-refractivity contribution in [2.24, 2.45) is 5.92 Å². The van der Waals surface area contributed by atoms with Gasteiger partial charge >= 0.3 is 12.1 Å². The van der Waals surface area contributed by atoms with Crippen LogP contribution >= 0.6 is 0 Å². The Labute approximate surface area is 211 Å². The van der Waals surface area contributed by atoms with E-state index in [1.165, 1.54) is 5.06 Å². The van der Waals surface area contributed by atoms with Gasteiger partial charge in [-0.25, -0.2) is 9.59 Å². The Bertz CT molecular complexity index is 1060. The van der Waals surface area contributed by atoms with Gasteiger partial charge in [-0.3, -0.25) is 4.84 Å². The van der Waals surface area contributed by atoms with Crippen molar-refractivity contribution in [2.45, 2.75) is 89.6 Å². The lowest BCUT2D eigenvalue weighted by Gasteiger charge is -2.36. The predicted octanol–water partition coefficient (Wildman–Crippen LogP) is 4.38. The van der Waals surface area contributed by atoms with Crippen LogP contribution in [0.3, 0.4) is 0 Å². The highest BCUT2D eigenvalue weighted by Gasteiger charge is 2.47. The summed E-state index contributed by atoms with van der Waals surface area (Å²) in [6.45, 7) is 6.54. The molecule has 2 atom stereocenters. The Kier molecular flexibility index (Phi) is 6.87. The van der Waals surface area contributed by atoms with Crippen molar-refractivity contribution in [1.29, 1.82) is 0 Å². The third kappa shape index (κ3) is 5.64. The van der Waals surface area contributed by atoms with Crippen LogP contribution in [0, 0.1) is 5.92 Å². The molecule has 1 aromatic carbocycles. The Morgan fingerprint density at radius 1 is 1.17 bits per heavy atom. The van der Waals surface area contributed by atoms with Crippen LogP contribution in [-0.2, 0) is 22.6 Å². The van der Waals surface area contributed by atoms with E-state index in [0.29, 0.717) is 37.3 Å². The van der Waals surface area contributed by atoms with Crippen molar-refractivity contribution < 1.29 is 23.6 Å². The van der Waals surface area contributed by atoms with Crippen LogP contribution < -0.4 is 5.32 Å². The fourth-order valence-electron chi connectivity index (χ4n) is 5.17. The van der Waals surface area contributed by atoms with E-state index in [9.17, 15) is 9.59 Å². The highest BCUT2D eigenvalue weighted by molar-refractivity contribution is 5.77. The summed E-state index contributed by atoms with van der Waals surface area (Å²) >= 11 is 0. The second-order valence-corrected chi connectivity index (χ2v) is 11.0. The number of carbonyl (C=O) groups is 2. The van der Waals surface area contributed by atoms with E-state index in [1.807, 2.05) is 51.1 Å². The lowest BCUT2D eigenvalue weighted by atomic mass is 9.77. The van der Waals surface area contributed by atoms with Crippen LogP contribution in [0.5, 0.6) is 0 Å². The molecule has 0 spiro atoms. The molecule has 194 valence electrons. The summed E-state index contributed by atoms with van der Waals surface area (Å²) in [6, 6.07) is 9.68. The number of aromatic nitrogens is 2. The van der Waals surface area contributed by atoms with Crippen molar-refractivity contribution in [3.05, 3.63) is 47.7 Å². The molecule has 1 aromatic heterocycles. The molecule has 2 aromatic rings. The second-order valence-electron chi connectivity index (χ2n) is 11.0. The van der Waals surface area contributed by atoms with Crippen molar-refractivity contribution >= 4 is 12.1 Å². The molecule has 1 aliphatic carbocycles. The maximum absolute atomic E-state index is 13.0. The van der Waals surface area contributed by atoms with Crippen LogP contribution in [0.1, 0.15) is 76.3 Å². The highest BCUT2D eigenvalue weighted by atomic mass is 16.7. The van der Waals surface area contributed by atoms with Gasteiger partial charge in [0.25, 0.3) is 0 Å². The minimum atomic E-state index is -0.491. The molecular formula is C26H35N5O5. The van der Waals surface area contributed by atoms with Gasteiger partial charge < -0.3 is 19.4 Å². The molecule has 0 radical (unpaired) electrons. The van der Waals surface area contributed by atoms with Gasteiger partial charge in [0.1, 0.15) is 18.2 Å². The number of amides is 3. The van der Waals surface area contributed by atoms with Crippen LogP contribution in [0.2, 0.25) is 0 Å². The van der Waals surface area contributed by atoms with E-state index in [0.717, 1.165) is 37.7 Å². The number of nitrogens with zero attached hydrogens (tertiary/aromatic N) is 4. The molecule has 3 amide bonds. The topological polar surface area (TPSA) is 110 Å². The summed E-state index contributed by atoms with van der Waals surface area (Å²) in [5, 5.41) is 13.0. The molecule has 1 N–H and O–H groups in total. The number of hydrogen-bond acceptors (Lipinski definition) is 7. The number of rotatable bonds is 8. The zero-order valence-corrected chi connectivity index (χ0v) is 21.2. The Hall–Kier alpha value is -3.14. The zero-order valence-electron chi connectivity index (χ0n) is 21.2. The third-order valence-corrected chi connectivity index (χ3v) is 7.03. The van der Waals surface area contributed by atoms with E-state index in [1.54, 1.807) is 4.90 Å². The lowest BCUT2D eigenvalue weighted by Crippen LogP contribution is -2.46. The standard InChI is InChI=1S/C26H35N5O5/c1-26(2,3)36-24(32)27-19-13-18(14-19)9-12-22-28-29-23(35-22)21-11-10-20-15-30(21)25(33)31(20)34-16-17-7-5-4-6-8-17/h4-8,18-21H,9-16H2,1-3H3,(H,27,32)/t18?,19?,20?,21-/m0/s1. The predicted molar refractivity (Wildman–Crippen MR) is 129 cm³/mol. The average molecular weight is 498 g/mol. The number of urea groups is 1. The monoisotopic (exact) mass is 497 g/mol. The Morgan fingerprint density at radius 3 is 2.69 bits per heavy atom. The van der Waals surface area contributed by atoms with Gasteiger partial charge in [-0.2, -0.15) is 5.06 Å². The van der Waals surface area contributed by atoms with E-state index < -0.39 is 5.60 Å². The number of carbonyl (C=O) groups excluding carboxylic acids is 2. The van der Waals surface area contributed by atoms with Gasteiger partial charge in [-0.05, 0) is 64.4 Å². The SMILES string of the molecule is CC(C)(C)OC(=O)NC1CC(CCc2nnc([C@@H]3CCC4CN3C(=O)N4OCc3ccccc3)o2)C1. The number of hydrogen-bond donors (Lipinski definition) is 1. The molecule has 10 heteroatoms. The largest absolute Gasteiger partial charge is 0.444 e. The number of piperidine rings is 1. The van der Waals surface area contributed by atoms with Crippen LogP contribution in [0.15, 0.2) is 34.7 Å². The highest BCUT2D eigenvalue weighted by Crippen LogP contribution is 2.38. The van der Waals surface area contributed by atoms with Crippen molar-refractivity contribution in [2.75, 3.05) is 6.54 Å². The summed E-state index contributed by atoms with van der Waals surface area (Å²) in [5.74, 6) is 1.60. The first kappa shape index (κ1) is 24.5. The van der Waals surface area contributed by atoms with E-state index in [4.69, 9.17) is 14.0 Å². The maximum Gasteiger partial charge on any atom is 0.407 e. The average Bonchev–Trinajstić information content (AvgIpc) is 3.37. The first-order chi connectivity index (χ1) is 17.2. The fourth-order valence-corrected chi connectivity index (χ4v) is 5.17. The van der Waals surface area contributed by atoms with Gasteiger partial charge in [0.15, 0.2) is 0 Å². The number of nitrogens with one attached hydrogen (secondary N) is 1. The molecule has 3 fully saturated rings. The van der Waals surface area contributed by atoms with Crippen molar-refractivity contribution in [3.8, 4) is 0 Å². The minimum absolute atomic E-state index is 0.0423. The molecule has 10 nitrogen and oxygen atoms in total. The van der Waals surface area contributed by atoms with Gasteiger partial charge in [-0.15, -0.1) is 10.2 Å². The number of benzene rings is 1. The van der Waals surface area contributed by atoms with E-state index in [-0.39, 0.29) is 30.2 Å². The first-order valence-electron chi connectivity index (χ1n) is 12.8. The molecule has 3 aliphatic rings. The van der Waals surface area contributed by atoms with Gasteiger partial charge in [0.2, 0.25) is 11.8 Å². The summed E-state index contributed by atoms with van der Waals surface area (Å²) in [4.78, 5) is 32.6. The number of alkyl carbamates (subject to hydrolysis) is 1. The van der Waals surface area contributed by atoms with E-state index in [2.05, 4.69) is 15.5 Å². The van der Waals surface area contributed by atoms with Gasteiger partial charge in [0.05, 0.1) is 6.04 Å². The number of ether oxygens (including phenoxy) is 1. The minimum Gasteiger partial charge on any atom is -0.444 e. The molecule has 36 heavy (non-hydrogen) atoms. The molecule has 1 unspecified atom stereocenters. The third-order valence-electron chi connectivity index (χ3n) is 7.03. The molecule has 1 saturated carbocycles. The fraction of sp³-hybridized carbons (Fsp3) is 0.615. The van der Waals surface area contributed by atoms with Crippen LogP contribution in [0.4, 0.5) is 9.59 Å². The first-order valence-corrected chi connectivity index (χ1v) is 12.8. The number of fused-ring (bicyclic) bond motifs is 2. The van der Waals surface area contributed by atoms with E-state index >= 15 is 0 Å². The summed E-state index contributed by atoms with van der Waals surface area (Å²) in [7, 11) is 0. The molecule has 2 aliphatic heterocycles. The van der Waals surface area contributed by atoms with Crippen LogP contribution in [-0.4, -0.2) is 56.5 Å². The number of aryl methyl sites for hydroxylation is 1. The van der Waals surface area contributed by atoms with Gasteiger partial charge in [-0.1, -0.05) is 30.3 Å². The smallest absolute Gasteiger partial charge is 0.407 e. The summed E-state index contributed by atoms with van der Waals surface area (Å²) in [5.41, 5.74) is 0.535. The Balaban J connectivity index is 1.08. The second kappa shape index (κ2) is 10.1. The molecular weight excluding hydrogens is 462 g/mol. The van der Waals surface area contributed by atoms with Gasteiger partial charge in [0, 0.05) is 19.0 Å². The summed E-state index contributed by atoms with van der Waals surface area (Å²) in [6.07, 6.45) is 4.69. The molecule has 3 heterocycles. The van der Waals surface area contributed by atoms with Crippen LogP contribution in [0.25, 0.3) is 0 Å². The Morgan fingerprint density at radius 2 is 1.94 bits per heavy atom. The molecule has 2 bridgehead atoms. The van der Waals surface area contributed by atoms with Crippen molar-refractivity contribution in [3.63, 3.8) is 0 Å². The molecule has 5 rings (SSSR count). The molecule has 2 saturated heterocycles. The normalized spacial score (nSPS) is 25.6. The maximum atomic E-state index is 13.0.